The van der Waals surface area contributed by atoms with E-state index in [0.29, 0.717) is 6.61 Å². The van der Waals surface area contributed by atoms with Crippen molar-refractivity contribution in [1.29, 1.82) is 0 Å². The van der Waals surface area contributed by atoms with Crippen molar-refractivity contribution in [3.8, 4) is 5.75 Å². The van der Waals surface area contributed by atoms with Crippen LogP contribution in [-0.4, -0.2) is 18.4 Å². The molecule has 0 saturated heterocycles. The molecule has 0 radical (unpaired) electrons. The van der Waals surface area contributed by atoms with E-state index in [-0.39, 0.29) is 18.8 Å². The monoisotopic (exact) mass is 250 g/mol. The maximum atomic E-state index is 11.0. The van der Waals surface area contributed by atoms with Crippen LogP contribution in [0.25, 0.3) is 0 Å². The first-order valence-electron chi connectivity index (χ1n) is 5.82. The normalized spacial score (nSPS) is 10.3. The minimum absolute atomic E-state index is 0.108. The molecule has 0 spiro atoms. The lowest BCUT2D eigenvalue weighted by molar-refractivity contribution is -0.119. The number of nitrogens with two attached hydrogens (primary N) is 2. The van der Waals surface area contributed by atoms with Gasteiger partial charge in [-0.3, -0.25) is 9.59 Å². The van der Waals surface area contributed by atoms with Gasteiger partial charge in [-0.15, -0.1) is 0 Å². The molecule has 0 aromatic heterocycles. The van der Waals surface area contributed by atoms with E-state index in [1.165, 1.54) is 0 Å². The zero-order valence-electron chi connectivity index (χ0n) is 10.4. The molecule has 2 amide bonds. The third-order valence-electron chi connectivity index (χ3n) is 2.56. The Bertz CT molecular complexity index is 399. The van der Waals surface area contributed by atoms with Crippen LogP contribution >= 0.6 is 0 Å². The van der Waals surface area contributed by atoms with E-state index >= 15 is 0 Å². The van der Waals surface area contributed by atoms with Crippen LogP contribution in [-0.2, 0) is 9.59 Å². The highest BCUT2D eigenvalue weighted by Gasteiger charge is 2.17. The minimum atomic E-state index is -0.449. The Labute approximate surface area is 106 Å². The second kappa shape index (κ2) is 6.64. The average Bonchev–Trinajstić information content (AvgIpc) is 2.28. The highest BCUT2D eigenvalue weighted by molar-refractivity contribution is 5.78. The number of amides is 2. The number of ether oxygens (including phenoxy) is 1. The SMILES string of the molecule is CCOc1ccc(C(CC(N)=O)CC(N)=O)cc1. The first kappa shape index (κ1) is 14.0. The van der Waals surface area contributed by atoms with Gasteiger partial charge in [0.25, 0.3) is 0 Å². The van der Waals surface area contributed by atoms with Gasteiger partial charge in [0.1, 0.15) is 5.75 Å². The summed E-state index contributed by atoms with van der Waals surface area (Å²) in [5.41, 5.74) is 11.2. The molecule has 0 aliphatic carbocycles. The number of primary amides is 2. The molecule has 0 bridgehead atoms. The maximum Gasteiger partial charge on any atom is 0.218 e. The Hall–Kier alpha value is -2.04. The Morgan fingerprint density at radius 3 is 2.00 bits per heavy atom. The predicted molar refractivity (Wildman–Crippen MR) is 68.0 cm³/mol. The summed E-state index contributed by atoms with van der Waals surface area (Å²) >= 11 is 0. The lowest BCUT2D eigenvalue weighted by Gasteiger charge is -2.14. The maximum absolute atomic E-state index is 11.0. The summed E-state index contributed by atoms with van der Waals surface area (Å²) in [6.45, 7) is 2.49. The summed E-state index contributed by atoms with van der Waals surface area (Å²) in [6, 6.07) is 7.24. The summed E-state index contributed by atoms with van der Waals surface area (Å²) in [5, 5.41) is 0. The number of rotatable bonds is 7. The van der Waals surface area contributed by atoms with Crippen molar-refractivity contribution in [2.24, 2.45) is 11.5 Å². The predicted octanol–water partition coefficient (Wildman–Crippen LogP) is 0.920. The summed E-state index contributed by atoms with van der Waals surface area (Å²) in [5.74, 6) is -0.418. The molecular weight excluding hydrogens is 232 g/mol. The zero-order valence-corrected chi connectivity index (χ0v) is 10.4. The van der Waals surface area contributed by atoms with Gasteiger partial charge in [0, 0.05) is 18.8 Å². The molecule has 4 N–H and O–H groups in total. The zero-order chi connectivity index (χ0) is 13.5. The fourth-order valence-corrected chi connectivity index (χ4v) is 1.80. The molecule has 0 saturated carbocycles. The Morgan fingerprint density at radius 2 is 1.61 bits per heavy atom. The van der Waals surface area contributed by atoms with E-state index in [9.17, 15) is 9.59 Å². The van der Waals surface area contributed by atoms with Crippen LogP contribution in [0.3, 0.4) is 0 Å². The van der Waals surface area contributed by atoms with Crippen LogP contribution in [0.1, 0.15) is 31.2 Å². The van der Waals surface area contributed by atoms with E-state index in [4.69, 9.17) is 16.2 Å². The number of carbonyl (C=O) groups excluding carboxylic acids is 2. The van der Waals surface area contributed by atoms with Gasteiger partial charge in [-0.05, 0) is 24.6 Å². The first-order valence-corrected chi connectivity index (χ1v) is 5.82. The lowest BCUT2D eigenvalue weighted by Crippen LogP contribution is -2.20. The van der Waals surface area contributed by atoms with Crippen molar-refractivity contribution in [1.82, 2.24) is 0 Å². The van der Waals surface area contributed by atoms with E-state index in [2.05, 4.69) is 0 Å². The van der Waals surface area contributed by atoms with Gasteiger partial charge >= 0.3 is 0 Å². The number of benzene rings is 1. The first-order chi connectivity index (χ1) is 8.52. The Kier molecular flexibility index (Phi) is 5.17. The van der Waals surface area contributed by atoms with Gasteiger partial charge < -0.3 is 16.2 Å². The molecular formula is C13H18N2O3. The second-order valence-corrected chi connectivity index (χ2v) is 4.04. The molecule has 0 aliphatic heterocycles. The van der Waals surface area contributed by atoms with Crippen LogP contribution in [0.15, 0.2) is 24.3 Å². The van der Waals surface area contributed by atoms with Gasteiger partial charge in [-0.2, -0.15) is 0 Å². The molecule has 0 atom stereocenters. The quantitative estimate of drug-likeness (QED) is 0.753. The van der Waals surface area contributed by atoms with Gasteiger partial charge in [0.15, 0.2) is 0 Å². The lowest BCUT2D eigenvalue weighted by atomic mass is 9.92. The highest BCUT2D eigenvalue weighted by atomic mass is 16.5. The molecule has 1 aromatic carbocycles. The van der Waals surface area contributed by atoms with Crippen molar-refractivity contribution in [3.05, 3.63) is 29.8 Å². The van der Waals surface area contributed by atoms with Gasteiger partial charge in [0.2, 0.25) is 11.8 Å². The van der Waals surface area contributed by atoms with Crippen molar-refractivity contribution in [3.63, 3.8) is 0 Å². The van der Waals surface area contributed by atoms with Crippen molar-refractivity contribution < 1.29 is 14.3 Å². The van der Waals surface area contributed by atoms with Crippen LogP contribution < -0.4 is 16.2 Å². The summed E-state index contributed by atoms with van der Waals surface area (Å²) < 4.78 is 5.32. The molecule has 1 aromatic rings. The van der Waals surface area contributed by atoms with Gasteiger partial charge in [-0.25, -0.2) is 0 Å². The average molecular weight is 250 g/mol. The fourth-order valence-electron chi connectivity index (χ4n) is 1.80. The van der Waals surface area contributed by atoms with Crippen LogP contribution in [0.2, 0.25) is 0 Å². The van der Waals surface area contributed by atoms with E-state index < -0.39 is 11.8 Å². The highest BCUT2D eigenvalue weighted by Crippen LogP contribution is 2.25. The van der Waals surface area contributed by atoms with Crippen LogP contribution in [0, 0.1) is 0 Å². The molecule has 5 nitrogen and oxygen atoms in total. The standard InChI is InChI=1S/C13H18N2O3/c1-2-18-11-5-3-9(4-6-11)10(7-12(14)16)8-13(15)17/h3-6,10H,2,7-8H2,1H3,(H2,14,16)(H2,15,17). The summed E-state index contributed by atoms with van der Waals surface area (Å²) in [6.07, 6.45) is 0.216. The fraction of sp³-hybridized carbons (Fsp3) is 0.385. The van der Waals surface area contributed by atoms with Gasteiger partial charge in [-0.1, -0.05) is 12.1 Å². The molecule has 0 aliphatic rings. The molecule has 18 heavy (non-hydrogen) atoms. The third kappa shape index (κ3) is 4.45. The number of hydrogen-bond acceptors (Lipinski definition) is 3. The van der Waals surface area contributed by atoms with Crippen molar-refractivity contribution in [2.45, 2.75) is 25.7 Å². The van der Waals surface area contributed by atoms with Gasteiger partial charge in [0.05, 0.1) is 6.61 Å². The summed E-state index contributed by atoms with van der Waals surface area (Å²) in [4.78, 5) is 22.0. The minimum Gasteiger partial charge on any atom is -0.494 e. The third-order valence-corrected chi connectivity index (χ3v) is 2.56. The number of carbonyl (C=O) groups is 2. The van der Waals surface area contributed by atoms with Crippen LogP contribution in [0.4, 0.5) is 0 Å². The molecule has 5 heteroatoms. The van der Waals surface area contributed by atoms with Crippen molar-refractivity contribution >= 4 is 11.8 Å². The number of hydrogen-bond donors (Lipinski definition) is 2. The molecule has 98 valence electrons. The van der Waals surface area contributed by atoms with E-state index in [0.717, 1.165) is 11.3 Å². The molecule has 0 fully saturated rings. The topological polar surface area (TPSA) is 95.4 Å². The Morgan fingerprint density at radius 1 is 1.11 bits per heavy atom. The van der Waals surface area contributed by atoms with Crippen molar-refractivity contribution in [2.75, 3.05) is 6.61 Å². The smallest absolute Gasteiger partial charge is 0.218 e. The Balaban J connectivity index is 2.83. The molecule has 0 unspecified atom stereocenters. The molecule has 0 heterocycles. The second-order valence-electron chi connectivity index (χ2n) is 4.04. The molecule has 1 rings (SSSR count). The van der Waals surface area contributed by atoms with Crippen LogP contribution in [0.5, 0.6) is 5.75 Å². The van der Waals surface area contributed by atoms with E-state index in [1.54, 1.807) is 12.1 Å². The summed E-state index contributed by atoms with van der Waals surface area (Å²) in [7, 11) is 0. The largest absolute Gasteiger partial charge is 0.494 e. The van der Waals surface area contributed by atoms with E-state index in [1.807, 2.05) is 19.1 Å².